The van der Waals surface area contributed by atoms with Gasteiger partial charge >= 0.3 is 0 Å². The van der Waals surface area contributed by atoms with E-state index in [0.29, 0.717) is 24.0 Å². The SMILES string of the molecule is CN(C)C(N)=NC1C2CCCOC2C1(C)C. The number of rotatable bonds is 1. The molecule has 0 aromatic heterocycles. The minimum Gasteiger partial charge on any atom is -0.377 e. The monoisotopic (exact) mass is 225 g/mol. The summed E-state index contributed by atoms with van der Waals surface area (Å²) in [6.45, 7) is 5.37. The predicted molar refractivity (Wildman–Crippen MR) is 65.3 cm³/mol. The molecule has 1 aliphatic heterocycles. The van der Waals surface area contributed by atoms with Crippen LogP contribution >= 0.6 is 0 Å². The molecule has 3 atom stereocenters. The summed E-state index contributed by atoms with van der Waals surface area (Å²) in [6, 6.07) is 0.320. The summed E-state index contributed by atoms with van der Waals surface area (Å²) in [5, 5.41) is 0. The molecule has 4 heteroatoms. The summed E-state index contributed by atoms with van der Waals surface area (Å²) in [7, 11) is 3.86. The number of fused-ring (bicyclic) bond motifs is 1. The second kappa shape index (κ2) is 3.91. The first kappa shape index (κ1) is 11.7. The van der Waals surface area contributed by atoms with Crippen molar-refractivity contribution in [3.63, 3.8) is 0 Å². The maximum Gasteiger partial charge on any atom is 0.191 e. The van der Waals surface area contributed by atoms with Gasteiger partial charge in [-0.1, -0.05) is 13.8 Å². The second-order valence-corrected chi connectivity index (χ2v) is 5.75. The zero-order valence-corrected chi connectivity index (χ0v) is 10.7. The molecular formula is C12H23N3O. The van der Waals surface area contributed by atoms with Crippen molar-refractivity contribution < 1.29 is 4.74 Å². The van der Waals surface area contributed by atoms with E-state index >= 15 is 0 Å². The number of nitrogens with zero attached hydrogens (tertiary/aromatic N) is 2. The van der Waals surface area contributed by atoms with E-state index in [4.69, 9.17) is 10.5 Å². The average Bonchev–Trinajstić information content (AvgIpc) is 2.25. The maximum atomic E-state index is 5.90. The van der Waals surface area contributed by atoms with Crippen molar-refractivity contribution in [3.8, 4) is 0 Å². The van der Waals surface area contributed by atoms with Crippen molar-refractivity contribution in [2.24, 2.45) is 22.1 Å². The molecule has 0 aromatic carbocycles. The minimum absolute atomic E-state index is 0.131. The molecule has 0 spiro atoms. The van der Waals surface area contributed by atoms with Gasteiger partial charge < -0.3 is 15.4 Å². The van der Waals surface area contributed by atoms with E-state index in [1.807, 2.05) is 19.0 Å². The molecule has 0 amide bonds. The molecule has 1 saturated carbocycles. The van der Waals surface area contributed by atoms with Crippen molar-refractivity contribution in [3.05, 3.63) is 0 Å². The van der Waals surface area contributed by atoms with Gasteiger partial charge in [0.2, 0.25) is 0 Å². The number of aliphatic imine (C=N–C) groups is 1. The van der Waals surface area contributed by atoms with Crippen LogP contribution in [-0.4, -0.2) is 43.7 Å². The Bertz CT molecular complexity index is 299. The van der Waals surface area contributed by atoms with E-state index in [0.717, 1.165) is 13.0 Å². The van der Waals surface area contributed by atoms with Gasteiger partial charge in [0.05, 0.1) is 12.1 Å². The summed E-state index contributed by atoms with van der Waals surface area (Å²) >= 11 is 0. The van der Waals surface area contributed by atoms with Crippen LogP contribution in [0.4, 0.5) is 0 Å². The third-order valence-electron chi connectivity index (χ3n) is 4.00. The van der Waals surface area contributed by atoms with Crippen LogP contribution in [-0.2, 0) is 4.74 Å². The van der Waals surface area contributed by atoms with Crippen molar-refractivity contribution in [1.29, 1.82) is 0 Å². The minimum atomic E-state index is 0.131. The molecule has 2 rings (SSSR count). The number of guanidine groups is 1. The van der Waals surface area contributed by atoms with E-state index in [2.05, 4.69) is 18.8 Å². The summed E-state index contributed by atoms with van der Waals surface area (Å²) in [5.41, 5.74) is 6.04. The van der Waals surface area contributed by atoms with Crippen LogP contribution < -0.4 is 5.73 Å². The van der Waals surface area contributed by atoms with Crippen LogP contribution in [0.2, 0.25) is 0 Å². The van der Waals surface area contributed by atoms with Crippen molar-refractivity contribution in [1.82, 2.24) is 4.90 Å². The Hall–Kier alpha value is -0.770. The molecule has 2 fully saturated rings. The maximum absolute atomic E-state index is 5.90. The Balaban J connectivity index is 2.13. The molecule has 3 unspecified atom stereocenters. The lowest BCUT2D eigenvalue weighted by Crippen LogP contribution is -2.64. The quantitative estimate of drug-likeness (QED) is 0.536. The van der Waals surface area contributed by atoms with Crippen LogP contribution in [0.3, 0.4) is 0 Å². The van der Waals surface area contributed by atoms with Gasteiger partial charge in [-0.2, -0.15) is 0 Å². The average molecular weight is 225 g/mol. The fourth-order valence-electron chi connectivity index (χ4n) is 3.02. The lowest BCUT2D eigenvalue weighted by Gasteiger charge is -2.58. The zero-order valence-electron chi connectivity index (χ0n) is 10.7. The second-order valence-electron chi connectivity index (χ2n) is 5.75. The van der Waals surface area contributed by atoms with Crippen LogP contribution in [0, 0.1) is 11.3 Å². The van der Waals surface area contributed by atoms with Crippen LogP contribution in [0.25, 0.3) is 0 Å². The van der Waals surface area contributed by atoms with Gasteiger partial charge in [-0.15, -0.1) is 0 Å². The van der Waals surface area contributed by atoms with Crippen molar-refractivity contribution >= 4 is 5.96 Å². The van der Waals surface area contributed by atoms with Crippen molar-refractivity contribution in [2.75, 3.05) is 20.7 Å². The van der Waals surface area contributed by atoms with E-state index < -0.39 is 0 Å². The third-order valence-corrected chi connectivity index (χ3v) is 4.00. The summed E-state index contributed by atoms with van der Waals surface area (Å²) in [4.78, 5) is 6.53. The number of hydrogen-bond donors (Lipinski definition) is 1. The molecule has 92 valence electrons. The summed E-state index contributed by atoms with van der Waals surface area (Å²) in [6.07, 6.45) is 2.76. The predicted octanol–water partition coefficient (Wildman–Crippen LogP) is 1.07. The Morgan fingerprint density at radius 2 is 2.12 bits per heavy atom. The van der Waals surface area contributed by atoms with Gasteiger partial charge in [-0.05, 0) is 12.8 Å². The first-order valence-corrected chi connectivity index (χ1v) is 6.07. The molecule has 4 nitrogen and oxygen atoms in total. The van der Waals surface area contributed by atoms with Crippen LogP contribution in [0.15, 0.2) is 4.99 Å². The Morgan fingerprint density at radius 1 is 1.44 bits per heavy atom. The van der Waals surface area contributed by atoms with Gasteiger partial charge in [0.15, 0.2) is 5.96 Å². The fourth-order valence-corrected chi connectivity index (χ4v) is 3.02. The fraction of sp³-hybridized carbons (Fsp3) is 0.917. The Kier molecular flexibility index (Phi) is 2.86. The molecule has 0 aromatic rings. The zero-order chi connectivity index (χ0) is 11.9. The molecule has 1 aliphatic carbocycles. The molecule has 16 heavy (non-hydrogen) atoms. The molecule has 1 heterocycles. The van der Waals surface area contributed by atoms with Gasteiger partial charge in [0.1, 0.15) is 0 Å². The standard InChI is InChI=1S/C12H23N3O/c1-12(2)9(14-11(13)15(3)4)8-6-5-7-16-10(8)12/h8-10H,5-7H2,1-4H3,(H2,13,14). The summed E-state index contributed by atoms with van der Waals surface area (Å²) < 4.78 is 5.84. The highest BCUT2D eigenvalue weighted by Crippen LogP contribution is 2.52. The Morgan fingerprint density at radius 3 is 2.75 bits per heavy atom. The Labute approximate surface area is 97.9 Å². The molecule has 0 radical (unpaired) electrons. The van der Waals surface area contributed by atoms with Gasteiger partial charge in [0.25, 0.3) is 0 Å². The lowest BCUT2D eigenvalue weighted by molar-refractivity contribution is -0.182. The van der Waals surface area contributed by atoms with Gasteiger partial charge in [0, 0.05) is 32.0 Å². The molecule has 2 aliphatic rings. The van der Waals surface area contributed by atoms with E-state index in [9.17, 15) is 0 Å². The van der Waals surface area contributed by atoms with E-state index in [-0.39, 0.29) is 5.41 Å². The van der Waals surface area contributed by atoms with Crippen LogP contribution in [0.5, 0.6) is 0 Å². The topological polar surface area (TPSA) is 50.8 Å². The lowest BCUT2D eigenvalue weighted by atomic mass is 9.55. The third kappa shape index (κ3) is 1.69. The highest BCUT2D eigenvalue weighted by molar-refractivity contribution is 5.77. The largest absolute Gasteiger partial charge is 0.377 e. The number of nitrogens with two attached hydrogens (primary N) is 1. The smallest absolute Gasteiger partial charge is 0.191 e. The number of hydrogen-bond acceptors (Lipinski definition) is 2. The first-order valence-electron chi connectivity index (χ1n) is 6.07. The highest BCUT2D eigenvalue weighted by atomic mass is 16.5. The number of ether oxygens (including phenoxy) is 1. The molecule has 2 N–H and O–H groups in total. The van der Waals surface area contributed by atoms with Crippen LogP contribution in [0.1, 0.15) is 26.7 Å². The highest BCUT2D eigenvalue weighted by Gasteiger charge is 2.58. The molecular weight excluding hydrogens is 202 g/mol. The van der Waals surface area contributed by atoms with Crippen molar-refractivity contribution in [2.45, 2.75) is 38.8 Å². The van der Waals surface area contributed by atoms with Gasteiger partial charge in [-0.3, -0.25) is 0 Å². The summed E-state index contributed by atoms with van der Waals surface area (Å²) in [5.74, 6) is 1.20. The normalized spacial score (nSPS) is 37.5. The van der Waals surface area contributed by atoms with Gasteiger partial charge in [-0.25, -0.2) is 4.99 Å². The van der Waals surface area contributed by atoms with E-state index in [1.54, 1.807) is 0 Å². The first-order chi connectivity index (χ1) is 7.44. The van der Waals surface area contributed by atoms with E-state index in [1.165, 1.54) is 6.42 Å². The molecule has 0 bridgehead atoms. The molecule has 1 saturated heterocycles.